The van der Waals surface area contributed by atoms with Crippen LogP contribution in [-0.4, -0.2) is 40.0 Å². The van der Waals surface area contributed by atoms with E-state index in [0.29, 0.717) is 6.42 Å². The number of hydrogen-bond donors (Lipinski definition) is 2. The van der Waals surface area contributed by atoms with Crippen LogP contribution in [0, 0.1) is 12.7 Å². The van der Waals surface area contributed by atoms with Gasteiger partial charge in [-0.3, -0.25) is 0 Å². The minimum Gasteiger partial charge on any atom is -0.396 e. The van der Waals surface area contributed by atoms with Crippen LogP contribution in [-0.2, 0) is 10.0 Å². The van der Waals surface area contributed by atoms with Gasteiger partial charge in [0.25, 0.3) is 0 Å². The minimum absolute atomic E-state index is 0.00870. The summed E-state index contributed by atoms with van der Waals surface area (Å²) in [6.45, 7) is 4.05. The Labute approximate surface area is 120 Å². The Hall–Kier alpha value is -1.18. The topological polar surface area (TPSA) is 75.4 Å². The van der Waals surface area contributed by atoms with E-state index in [-0.39, 0.29) is 22.2 Å². The highest BCUT2D eigenvalue weighted by molar-refractivity contribution is 7.89. The Morgan fingerprint density at radius 3 is 2.50 bits per heavy atom. The molecule has 0 bridgehead atoms. The van der Waals surface area contributed by atoms with E-state index in [1.54, 1.807) is 6.92 Å². The average molecular weight is 303 g/mol. The van der Waals surface area contributed by atoms with E-state index in [0.717, 1.165) is 12.6 Å². The van der Waals surface area contributed by atoms with Crippen molar-refractivity contribution in [1.82, 2.24) is 9.62 Å². The second-order valence-electron chi connectivity index (χ2n) is 5.26. The monoisotopic (exact) mass is 303 g/mol. The van der Waals surface area contributed by atoms with Gasteiger partial charge in [0.2, 0.25) is 10.0 Å². The smallest absolute Gasteiger partial charge is 0.240 e. The lowest BCUT2D eigenvalue weighted by Gasteiger charge is -2.17. The lowest BCUT2D eigenvalue weighted by molar-refractivity contribution is 0.379. The van der Waals surface area contributed by atoms with E-state index in [1.807, 2.05) is 19.0 Å². The maximum atomic E-state index is 13.4. The van der Waals surface area contributed by atoms with Gasteiger partial charge >= 0.3 is 0 Å². The third kappa shape index (κ3) is 4.43. The van der Waals surface area contributed by atoms with Crippen molar-refractivity contribution >= 4 is 15.7 Å². The number of nitrogens with one attached hydrogen (secondary N) is 1. The zero-order valence-corrected chi connectivity index (χ0v) is 13.1. The van der Waals surface area contributed by atoms with Crippen LogP contribution in [0.2, 0.25) is 0 Å². The molecule has 1 rings (SSSR count). The number of halogens is 1. The van der Waals surface area contributed by atoms with Crippen molar-refractivity contribution in [2.24, 2.45) is 0 Å². The number of hydrogen-bond acceptors (Lipinski definition) is 4. The number of aryl methyl sites for hydroxylation is 1. The molecule has 0 spiro atoms. The van der Waals surface area contributed by atoms with Crippen molar-refractivity contribution in [3.8, 4) is 0 Å². The van der Waals surface area contributed by atoms with Crippen molar-refractivity contribution in [2.75, 3.05) is 26.4 Å². The zero-order valence-electron chi connectivity index (χ0n) is 12.3. The normalized spacial score (nSPS) is 13.7. The molecule has 0 aliphatic heterocycles. The van der Waals surface area contributed by atoms with Gasteiger partial charge in [0, 0.05) is 6.04 Å². The molecule has 3 N–H and O–H groups in total. The first-order chi connectivity index (χ1) is 9.13. The number of nitrogens with zero attached hydrogens (tertiary/aromatic N) is 1. The summed E-state index contributed by atoms with van der Waals surface area (Å²) in [4.78, 5) is 1.97. The van der Waals surface area contributed by atoms with Crippen LogP contribution in [0.4, 0.5) is 10.1 Å². The maximum absolute atomic E-state index is 13.4. The molecule has 7 heteroatoms. The van der Waals surface area contributed by atoms with Crippen molar-refractivity contribution < 1.29 is 12.8 Å². The Morgan fingerprint density at radius 1 is 1.40 bits per heavy atom. The van der Waals surface area contributed by atoms with Gasteiger partial charge in [-0.05, 0) is 58.6 Å². The lowest BCUT2D eigenvalue weighted by atomic mass is 10.2. The summed E-state index contributed by atoms with van der Waals surface area (Å²) in [5.74, 6) is -0.579. The van der Waals surface area contributed by atoms with Crippen LogP contribution < -0.4 is 10.5 Å². The van der Waals surface area contributed by atoms with Gasteiger partial charge in [0.05, 0.1) is 10.6 Å². The van der Waals surface area contributed by atoms with E-state index in [1.165, 1.54) is 13.0 Å². The number of nitrogens with two attached hydrogens (primary N) is 1. The summed E-state index contributed by atoms with van der Waals surface area (Å²) in [6, 6.07) is 2.21. The molecule has 0 saturated carbocycles. The number of anilines is 1. The molecule has 0 fully saturated rings. The lowest BCUT2D eigenvalue weighted by Crippen LogP contribution is -2.34. The molecule has 1 unspecified atom stereocenters. The number of benzene rings is 1. The van der Waals surface area contributed by atoms with E-state index in [9.17, 15) is 12.8 Å². The van der Waals surface area contributed by atoms with Crippen molar-refractivity contribution in [3.63, 3.8) is 0 Å². The van der Waals surface area contributed by atoms with Crippen LogP contribution >= 0.6 is 0 Å². The molecule has 0 aliphatic rings. The fourth-order valence-electron chi connectivity index (χ4n) is 1.76. The zero-order chi connectivity index (χ0) is 15.5. The first-order valence-electron chi connectivity index (χ1n) is 6.36. The molecule has 0 saturated heterocycles. The number of rotatable bonds is 6. The fourth-order valence-corrected chi connectivity index (χ4v) is 3.16. The van der Waals surface area contributed by atoms with Gasteiger partial charge in [-0.15, -0.1) is 0 Å². The van der Waals surface area contributed by atoms with Crippen molar-refractivity contribution in [1.29, 1.82) is 0 Å². The molecule has 0 radical (unpaired) electrons. The molecule has 5 nitrogen and oxygen atoms in total. The fraction of sp³-hybridized carbons (Fsp3) is 0.538. The number of sulfonamides is 1. The highest BCUT2D eigenvalue weighted by Crippen LogP contribution is 2.21. The third-order valence-corrected chi connectivity index (χ3v) is 4.50. The van der Waals surface area contributed by atoms with E-state index in [4.69, 9.17) is 5.73 Å². The summed E-state index contributed by atoms with van der Waals surface area (Å²) in [5, 5.41) is 0. The standard InChI is InChI=1S/C13H22FN3O2S/c1-9-7-11(8-12(15)13(9)14)20(18,19)16-10(2)5-6-17(3)4/h7-8,10,16H,5-6,15H2,1-4H3. The quantitative estimate of drug-likeness (QED) is 0.778. The van der Waals surface area contributed by atoms with Crippen LogP contribution in [0.15, 0.2) is 17.0 Å². The van der Waals surface area contributed by atoms with Gasteiger partial charge in [0.1, 0.15) is 5.82 Å². The van der Waals surface area contributed by atoms with Crippen molar-refractivity contribution in [2.45, 2.75) is 31.2 Å². The first-order valence-corrected chi connectivity index (χ1v) is 7.84. The second kappa shape index (κ2) is 6.51. The summed E-state index contributed by atoms with van der Waals surface area (Å²) in [6.07, 6.45) is 0.682. The van der Waals surface area contributed by atoms with Gasteiger partial charge in [-0.2, -0.15) is 0 Å². The largest absolute Gasteiger partial charge is 0.396 e. The van der Waals surface area contributed by atoms with Crippen molar-refractivity contribution in [3.05, 3.63) is 23.5 Å². The number of nitrogen functional groups attached to an aromatic ring is 1. The Morgan fingerprint density at radius 2 is 2.00 bits per heavy atom. The maximum Gasteiger partial charge on any atom is 0.240 e. The molecule has 1 atom stereocenters. The Kier molecular flexibility index (Phi) is 5.50. The molecule has 0 heterocycles. The highest BCUT2D eigenvalue weighted by atomic mass is 32.2. The molecule has 20 heavy (non-hydrogen) atoms. The molecule has 0 amide bonds. The predicted molar refractivity (Wildman–Crippen MR) is 78.5 cm³/mol. The van der Waals surface area contributed by atoms with E-state index >= 15 is 0 Å². The first kappa shape index (κ1) is 16.9. The van der Waals surface area contributed by atoms with Crippen LogP contribution in [0.3, 0.4) is 0 Å². The second-order valence-corrected chi connectivity index (χ2v) is 6.97. The summed E-state index contributed by atoms with van der Waals surface area (Å²) in [5.41, 5.74) is 5.53. The molecular formula is C13H22FN3O2S. The summed E-state index contributed by atoms with van der Waals surface area (Å²) < 4.78 is 40.4. The molecule has 114 valence electrons. The average Bonchev–Trinajstić information content (AvgIpc) is 2.32. The van der Waals surface area contributed by atoms with Gasteiger partial charge in [-0.1, -0.05) is 0 Å². The van der Waals surface area contributed by atoms with E-state index in [2.05, 4.69) is 4.72 Å². The Bertz CT molecular complexity index is 550. The molecule has 1 aromatic carbocycles. The molecule has 1 aromatic rings. The summed E-state index contributed by atoms with van der Waals surface area (Å²) >= 11 is 0. The van der Waals surface area contributed by atoms with Gasteiger partial charge in [-0.25, -0.2) is 17.5 Å². The van der Waals surface area contributed by atoms with Gasteiger partial charge < -0.3 is 10.6 Å². The molecular weight excluding hydrogens is 281 g/mol. The van der Waals surface area contributed by atoms with E-state index < -0.39 is 15.8 Å². The molecule has 0 aromatic heterocycles. The van der Waals surface area contributed by atoms with Crippen LogP contribution in [0.1, 0.15) is 18.9 Å². The van der Waals surface area contributed by atoms with Crippen LogP contribution in [0.25, 0.3) is 0 Å². The van der Waals surface area contributed by atoms with Gasteiger partial charge in [0.15, 0.2) is 0 Å². The minimum atomic E-state index is -3.68. The molecule has 0 aliphatic carbocycles. The van der Waals surface area contributed by atoms with Crippen LogP contribution in [0.5, 0.6) is 0 Å². The third-order valence-electron chi connectivity index (χ3n) is 2.93. The Balaban J connectivity index is 2.89. The predicted octanol–water partition coefficient (Wildman–Crippen LogP) is 1.33. The summed E-state index contributed by atoms with van der Waals surface area (Å²) in [7, 11) is 0.159. The SMILES string of the molecule is Cc1cc(S(=O)(=O)NC(C)CCN(C)C)cc(N)c1F. The highest BCUT2D eigenvalue weighted by Gasteiger charge is 2.19.